The summed E-state index contributed by atoms with van der Waals surface area (Å²) in [7, 11) is 0. The fourth-order valence-electron chi connectivity index (χ4n) is 4.01. The van der Waals surface area contributed by atoms with E-state index in [1.54, 1.807) is 54.6 Å². The normalized spacial score (nSPS) is 10.9. The summed E-state index contributed by atoms with van der Waals surface area (Å²) in [5, 5.41) is 6.20. The van der Waals surface area contributed by atoms with Gasteiger partial charge < -0.3 is 9.47 Å². The van der Waals surface area contributed by atoms with Gasteiger partial charge in [0.15, 0.2) is 0 Å². The lowest BCUT2D eigenvalue weighted by atomic mass is 10.0. The Bertz CT molecular complexity index is 1670. The summed E-state index contributed by atoms with van der Waals surface area (Å²) in [6.45, 7) is 0.324. The number of hydrazone groups is 1. The fourth-order valence-corrected chi connectivity index (χ4v) is 4.22. The van der Waals surface area contributed by atoms with Gasteiger partial charge in [0.25, 0.3) is 5.91 Å². The molecule has 0 unspecified atom stereocenters. The van der Waals surface area contributed by atoms with Gasteiger partial charge in [0.05, 0.1) is 22.4 Å². The third-order valence-electron chi connectivity index (χ3n) is 5.96. The number of benzene rings is 5. The standard InChI is InChI=1S/C32H23ClN2O4/c33-28-16-8-6-14-25(28)32(37)39-30-19-18-23-12-4-5-13-24(23)27(30)20-34-35-31(36)26-15-7-9-17-29(26)38-21-22-10-2-1-3-11-22/h1-20H,21H2,(H,35,36). The van der Waals surface area contributed by atoms with Crippen molar-refractivity contribution >= 4 is 40.5 Å². The van der Waals surface area contributed by atoms with Crippen molar-refractivity contribution in [3.05, 3.63) is 143 Å². The van der Waals surface area contributed by atoms with Gasteiger partial charge >= 0.3 is 5.97 Å². The van der Waals surface area contributed by atoms with Crippen LogP contribution in [-0.4, -0.2) is 18.1 Å². The molecule has 0 spiro atoms. The second-order valence-electron chi connectivity index (χ2n) is 8.54. The number of nitrogens with one attached hydrogen (secondary N) is 1. The van der Waals surface area contributed by atoms with Gasteiger partial charge in [-0.05, 0) is 46.7 Å². The Morgan fingerprint density at radius 1 is 0.744 bits per heavy atom. The molecule has 5 aromatic carbocycles. The average Bonchev–Trinajstić information content (AvgIpc) is 2.97. The minimum atomic E-state index is -0.598. The highest BCUT2D eigenvalue weighted by molar-refractivity contribution is 6.33. The molecular formula is C32H23ClN2O4. The molecule has 1 amide bonds. The third-order valence-corrected chi connectivity index (χ3v) is 6.29. The summed E-state index contributed by atoms with van der Waals surface area (Å²) < 4.78 is 11.6. The fraction of sp³-hybridized carbons (Fsp3) is 0.0312. The number of rotatable bonds is 8. The smallest absolute Gasteiger partial charge is 0.345 e. The number of hydrogen-bond acceptors (Lipinski definition) is 5. The molecule has 0 bridgehead atoms. The van der Waals surface area contributed by atoms with Gasteiger partial charge in [-0.25, -0.2) is 10.2 Å². The van der Waals surface area contributed by atoms with Crippen molar-refractivity contribution in [3.63, 3.8) is 0 Å². The lowest BCUT2D eigenvalue weighted by Crippen LogP contribution is -2.19. The Hall–Kier alpha value is -4.94. The summed E-state index contributed by atoms with van der Waals surface area (Å²) in [4.78, 5) is 25.9. The van der Waals surface area contributed by atoms with Crippen LogP contribution in [0.3, 0.4) is 0 Å². The Labute approximate surface area is 230 Å². The van der Waals surface area contributed by atoms with Crippen LogP contribution in [0.15, 0.2) is 120 Å². The number of halogens is 1. The second-order valence-corrected chi connectivity index (χ2v) is 8.94. The van der Waals surface area contributed by atoms with Gasteiger partial charge in [-0.15, -0.1) is 0 Å². The minimum absolute atomic E-state index is 0.246. The monoisotopic (exact) mass is 534 g/mol. The molecule has 0 saturated carbocycles. The van der Waals surface area contributed by atoms with E-state index in [1.165, 1.54) is 6.21 Å². The molecule has 0 fully saturated rings. The van der Waals surface area contributed by atoms with Gasteiger partial charge in [0.2, 0.25) is 0 Å². The number of ether oxygens (including phenoxy) is 2. The first kappa shape index (κ1) is 25.7. The van der Waals surface area contributed by atoms with E-state index in [0.29, 0.717) is 28.5 Å². The van der Waals surface area contributed by atoms with E-state index in [1.807, 2.05) is 60.7 Å². The number of carbonyl (C=O) groups excluding carboxylic acids is 2. The highest BCUT2D eigenvalue weighted by Gasteiger charge is 2.16. The highest BCUT2D eigenvalue weighted by atomic mass is 35.5. The molecule has 0 aliphatic heterocycles. The zero-order valence-electron chi connectivity index (χ0n) is 20.7. The van der Waals surface area contributed by atoms with Crippen LogP contribution in [0.1, 0.15) is 31.8 Å². The molecule has 39 heavy (non-hydrogen) atoms. The largest absolute Gasteiger partial charge is 0.488 e. The van der Waals surface area contributed by atoms with Crippen LogP contribution in [0.2, 0.25) is 5.02 Å². The van der Waals surface area contributed by atoms with Crippen molar-refractivity contribution in [2.75, 3.05) is 0 Å². The molecule has 5 rings (SSSR count). The second kappa shape index (κ2) is 12.1. The first-order valence-electron chi connectivity index (χ1n) is 12.2. The van der Waals surface area contributed by atoms with Gasteiger partial charge in [-0.2, -0.15) is 5.10 Å². The van der Waals surface area contributed by atoms with Crippen molar-refractivity contribution in [2.45, 2.75) is 6.61 Å². The summed E-state index contributed by atoms with van der Waals surface area (Å²) in [5.74, 6) is -0.319. The Morgan fingerprint density at radius 3 is 2.26 bits per heavy atom. The number of carbonyl (C=O) groups is 2. The van der Waals surface area contributed by atoms with E-state index < -0.39 is 11.9 Å². The van der Waals surface area contributed by atoms with Crippen LogP contribution in [0, 0.1) is 0 Å². The molecule has 0 saturated heterocycles. The molecule has 1 N–H and O–H groups in total. The predicted molar refractivity (Wildman–Crippen MR) is 153 cm³/mol. The van der Waals surface area contributed by atoms with E-state index in [0.717, 1.165) is 16.3 Å². The number of fused-ring (bicyclic) bond motifs is 1. The number of hydrogen-bond donors (Lipinski definition) is 1. The van der Waals surface area contributed by atoms with Gasteiger partial charge in [-0.3, -0.25) is 4.79 Å². The van der Waals surface area contributed by atoms with Gasteiger partial charge in [-0.1, -0.05) is 96.5 Å². The predicted octanol–water partition coefficient (Wildman–Crippen LogP) is 7.06. The number of para-hydroxylation sites is 1. The molecule has 0 radical (unpaired) electrons. The van der Waals surface area contributed by atoms with Crippen LogP contribution >= 0.6 is 11.6 Å². The molecule has 0 heterocycles. The van der Waals surface area contributed by atoms with Gasteiger partial charge in [0.1, 0.15) is 18.1 Å². The quantitative estimate of drug-likeness (QED) is 0.100. The maximum atomic E-state index is 13.0. The summed E-state index contributed by atoms with van der Waals surface area (Å²) in [5.41, 5.74) is 4.67. The van der Waals surface area contributed by atoms with Crippen LogP contribution in [0.5, 0.6) is 11.5 Å². The molecule has 0 aliphatic rings. The molecule has 0 aromatic heterocycles. The number of esters is 1. The Kier molecular flexibility index (Phi) is 7.95. The van der Waals surface area contributed by atoms with Crippen molar-refractivity contribution in [1.82, 2.24) is 5.43 Å². The average molecular weight is 535 g/mol. The van der Waals surface area contributed by atoms with Crippen molar-refractivity contribution < 1.29 is 19.1 Å². The van der Waals surface area contributed by atoms with Crippen molar-refractivity contribution in [2.24, 2.45) is 5.10 Å². The highest BCUT2D eigenvalue weighted by Crippen LogP contribution is 2.28. The van der Waals surface area contributed by atoms with Crippen molar-refractivity contribution in [1.29, 1.82) is 0 Å². The van der Waals surface area contributed by atoms with Crippen LogP contribution in [0.25, 0.3) is 10.8 Å². The topological polar surface area (TPSA) is 77.0 Å². The van der Waals surface area contributed by atoms with E-state index in [4.69, 9.17) is 21.1 Å². The lowest BCUT2D eigenvalue weighted by Gasteiger charge is -2.12. The summed E-state index contributed by atoms with van der Waals surface area (Å²) >= 11 is 6.18. The molecular weight excluding hydrogens is 512 g/mol. The van der Waals surface area contributed by atoms with Crippen molar-refractivity contribution in [3.8, 4) is 11.5 Å². The maximum absolute atomic E-state index is 13.0. The van der Waals surface area contributed by atoms with E-state index in [-0.39, 0.29) is 11.3 Å². The lowest BCUT2D eigenvalue weighted by molar-refractivity contribution is 0.0734. The Balaban J connectivity index is 1.37. The van der Waals surface area contributed by atoms with E-state index in [9.17, 15) is 9.59 Å². The molecule has 0 atom stereocenters. The van der Waals surface area contributed by atoms with E-state index in [2.05, 4.69) is 10.5 Å². The van der Waals surface area contributed by atoms with E-state index >= 15 is 0 Å². The van der Waals surface area contributed by atoms with Crippen LogP contribution < -0.4 is 14.9 Å². The molecule has 0 aliphatic carbocycles. The minimum Gasteiger partial charge on any atom is -0.488 e. The Morgan fingerprint density at radius 2 is 1.44 bits per heavy atom. The molecule has 5 aromatic rings. The zero-order chi connectivity index (χ0) is 27.0. The first-order valence-corrected chi connectivity index (χ1v) is 12.6. The zero-order valence-corrected chi connectivity index (χ0v) is 21.5. The molecule has 6 nitrogen and oxygen atoms in total. The number of nitrogens with zero attached hydrogens (tertiary/aromatic N) is 1. The molecule has 192 valence electrons. The molecule has 7 heteroatoms. The SMILES string of the molecule is O=C(Oc1ccc2ccccc2c1C=NNC(=O)c1ccccc1OCc1ccccc1)c1ccccc1Cl. The van der Waals surface area contributed by atoms with Crippen LogP contribution in [-0.2, 0) is 6.61 Å². The number of amides is 1. The maximum Gasteiger partial charge on any atom is 0.345 e. The summed E-state index contributed by atoms with van der Waals surface area (Å²) in [6, 6.07) is 34.5. The summed E-state index contributed by atoms with van der Waals surface area (Å²) in [6.07, 6.45) is 1.46. The third kappa shape index (κ3) is 6.14. The van der Waals surface area contributed by atoms with Gasteiger partial charge in [0, 0.05) is 5.56 Å². The van der Waals surface area contributed by atoms with Crippen LogP contribution in [0.4, 0.5) is 0 Å². The first-order chi connectivity index (χ1) is 19.1.